The van der Waals surface area contributed by atoms with Crippen molar-refractivity contribution in [3.63, 3.8) is 0 Å². The Labute approximate surface area is 235 Å². The van der Waals surface area contributed by atoms with E-state index in [1.807, 2.05) is 59.7 Å². The van der Waals surface area contributed by atoms with E-state index in [1.165, 1.54) is 23.5 Å². The van der Waals surface area contributed by atoms with Crippen molar-refractivity contribution in [3.05, 3.63) is 83.2 Å². The van der Waals surface area contributed by atoms with Crippen LogP contribution in [0.25, 0.3) is 10.2 Å². The molecular formula is C30H36N4O3S2. The fourth-order valence-electron chi connectivity index (χ4n) is 4.54. The summed E-state index contributed by atoms with van der Waals surface area (Å²) in [6, 6.07) is 14.1. The van der Waals surface area contributed by atoms with E-state index in [-0.39, 0.29) is 22.6 Å². The van der Waals surface area contributed by atoms with Crippen LogP contribution in [0.5, 0.6) is 0 Å². The van der Waals surface area contributed by atoms with Crippen LogP contribution in [-0.2, 0) is 16.6 Å². The lowest BCUT2D eigenvalue weighted by molar-refractivity contribution is 0.0985. The molecule has 206 valence electrons. The number of rotatable bonds is 10. The number of carbonyl (C=O) groups is 1. The maximum Gasteiger partial charge on any atom is 0.260 e. The first kappa shape index (κ1) is 28.9. The fraction of sp³-hybridized carbons (Fsp3) is 0.367. The molecule has 7 nitrogen and oxygen atoms in total. The Hall–Kier alpha value is -3.14. The Bertz CT molecular complexity index is 1540. The molecule has 0 N–H and O–H groups in total. The number of hydrogen-bond donors (Lipinski definition) is 0. The van der Waals surface area contributed by atoms with Gasteiger partial charge in [0, 0.05) is 31.0 Å². The Morgan fingerprint density at radius 1 is 0.974 bits per heavy atom. The van der Waals surface area contributed by atoms with Crippen molar-refractivity contribution in [2.45, 2.75) is 53.0 Å². The molecule has 4 rings (SSSR count). The van der Waals surface area contributed by atoms with Crippen molar-refractivity contribution < 1.29 is 13.2 Å². The molecular weight excluding hydrogens is 528 g/mol. The minimum atomic E-state index is -3.69. The van der Waals surface area contributed by atoms with Gasteiger partial charge in [0.25, 0.3) is 5.91 Å². The first-order valence-electron chi connectivity index (χ1n) is 13.1. The van der Waals surface area contributed by atoms with Crippen LogP contribution in [0.4, 0.5) is 5.13 Å². The Morgan fingerprint density at radius 2 is 1.64 bits per heavy atom. The molecule has 4 aromatic rings. The minimum Gasteiger partial charge on any atom is -0.279 e. The first-order valence-corrected chi connectivity index (χ1v) is 15.4. The Kier molecular flexibility index (Phi) is 8.83. The van der Waals surface area contributed by atoms with Crippen molar-refractivity contribution in [3.8, 4) is 0 Å². The van der Waals surface area contributed by atoms with Gasteiger partial charge in [-0.1, -0.05) is 51.2 Å². The van der Waals surface area contributed by atoms with Gasteiger partial charge in [-0.3, -0.25) is 14.7 Å². The zero-order valence-corrected chi connectivity index (χ0v) is 25.0. The number of carbonyl (C=O) groups excluding carboxylic acids is 1. The van der Waals surface area contributed by atoms with Crippen molar-refractivity contribution in [2.75, 3.05) is 18.0 Å². The SMILES string of the molecule is Cc1cc(C)c2sc(N(Cc3cccnc3)C(=O)c3ccc(S(=O)(=O)N(CC(C)C)CC(C)C)cc3)nc2c1. The Morgan fingerprint density at radius 3 is 2.23 bits per heavy atom. The van der Waals surface area contributed by atoms with E-state index < -0.39 is 10.0 Å². The summed E-state index contributed by atoms with van der Waals surface area (Å²) >= 11 is 1.48. The lowest BCUT2D eigenvalue weighted by Crippen LogP contribution is -2.37. The molecule has 9 heteroatoms. The molecule has 39 heavy (non-hydrogen) atoms. The second-order valence-electron chi connectivity index (χ2n) is 10.8. The van der Waals surface area contributed by atoms with Crippen LogP contribution < -0.4 is 4.90 Å². The van der Waals surface area contributed by atoms with Crippen LogP contribution >= 0.6 is 11.3 Å². The second kappa shape index (κ2) is 11.9. The molecule has 0 saturated heterocycles. The number of fused-ring (bicyclic) bond motifs is 1. The average molecular weight is 565 g/mol. The van der Waals surface area contributed by atoms with Crippen molar-refractivity contribution >= 4 is 42.6 Å². The highest BCUT2D eigenvalue weighted by atomic mass is 32.2. The van der Waals surface area contributed by atoms with Crippen LogP contribution in [0, 0.1) is 25.7 Å². The van der Waals surface area contributed by atoms with Crippen LogP contribution in [0.15, 0.2) is 65.8 Å². The van der Waals surface area contributed by atoms with Gasteiger partial charge in [-0.15, -0.1) is 0 Å². The highest BCUT2D eigenvalue weighted by Gasteiger charge is 2.27. The third kappa shape index (κ3) is 6.72. The summed E-state index contributed by atoms with van der Waals surface area (Å²) < 4.78 is 29.5. The smallest absolute Gasteiger partial charge is 0.260 e. The van der Waals surface area contributed by atoms with Gasteiger partial charge in [0.15, 0.2) is 5.13 Å². The summed E-state index contributed by atoms with van der Waals surface area (Å²) in [5.74, 6) is 0.140. The van der Waals surface area contributed by atoms with E-state index in [4.69, 9.17) is 4.98 Å². The summed E-state index contributed by atoms with van der Waals surface area (Å²) in [7, 11) is -3.69. The lowest BCUT2D eigenvalue weighted by atomic mass is 10.1. The van der Waals surface area contributed by atoms with Crippen molar-refractivity contribution in [2.24, 2.45) is 11.8 Å². The number of aryl methyl sites for hydroxylation is 2. The van der Waals surface area contributed by atoms with Gasteiger partial charge in [0.2, 0.25) is 10.0 Å². The zero-order chi connectivity index (χ0) is 28.3. The molecule has 0 aliphatic carbocycles. The molecule has 0 spiro atoms. The number of amides is 1. The van der Waals surface area contributed by atoms with E-state index in [0.717, 1.165) is 26.9 Å². The molecule has 0 bridgehead atoms. The molecule has 1 amide bonds. The molecule has 0 fully saturated rings. The van der Waals surface area contributed by atoms with E-state index >= 15 is 0 Å². The topological polar surface area (TPSA) is 83.5 Å². The predicted octanol–water partition coefficient (Wildman–Crippen LogP) is 6.46. The summed E-state index contributed by atoms with van der Waals surface area (Å²) in [5, 5.41) is 0.587. The molecule has 2 aromatic carbocycles. The normalized spacial score (nSPS) is 12.1. The molecule has 2 aromatic heterocycles. The van der Waals surface area contributed by atoms with E-state index in [1.54, 1.807) is 33.7 Å². The maximum absolute atomic E-state index is 13.9. The first-order chi connectivity index (χ1) is 18.5. The van der Waals surface area contributed by atoms with Gasteiger partial charge in [-0.25, -0.2) is 13.4 Å². The maximum atomic E-state index is 13.9. The van der Waals surface area contributed by atoms with Gasteiger partial charge in [0.1, 0.15) is 0 Å². The lowest BCUT2D eigenvalue weighted by Gasteiger charge is -2.26. The van der Waals surface area contributed by atoms with Gasteiger partial charge in [-0.2, -0.15) is 4.31 Å². The number of nitrogens with zero attached hydrogens (tertiary/aromatic N) is 4. The van der Waals surface area contributed by atoms with E-state index in [2.05, 4.69) is 11.1 Å². The van der Waals surface area contributed by atoms with Gasteiger partial charge in [-0.05, 0) is 78.8 Å². The quantitative estimate of drug-likeness (QED) is 0.221. The van der Waals surface area contributed by atoms with Gasteiger partial charge < -0.3 is 0 Å². The van der Waals surface area contributed by atoms with Gasteiger partial charge >= 0.3 is 0 Å². The third-order valence-electron chi connectivity index (χ3n) is 6.22. The number of pyridine rings is 1. The minimum absolute atomic E-state index is 0.185. The molecule has 0 radical (unpaired) electrons. The van der Waals surface area contributed by atoms with Crippen LogP contribution in [0.3, 0.4) is 0 Å². The monoisotopic (exact) mass is 564 g/mol. The summed E-state index contributed by atoms with van der Waals surface area (Å²) in [6.07, 6.45) is 3.43. The standard InChI is InChI=1S/C30H36N4O3S2/c1-20(2)17-33(18-21(3)4)39(36,37)26-11-9-25(10-12-26)29(35)34(19-24-8-7-13-31-16-24)30-32-27-15-22(5)14-23(6)28(27)38-30/h7-16,20-21H,17-19H2,1-6H3. The summed E-state index contributed by atoms with van der Waals surface area (Å²) in [4.78, 5) is 24.7. The molecule has 0 saturated carbocycles. The van der Waals surface area contributed by atoms with Crippen LogP contribution in [-0.4, -0.2) is 41.7 Å². The molecule has 0 aliphatic rings. The largest absolute Gasteiger partial charge is 0.279 e. The molecule has 0 atom stereocenters. The number of benzene rings is 2. The number of thiazole rings is 1. The fourth-order valence-corrected chi connectivity index (χ4v) is 7.32. The zero-order valence-electron chi connectivity index (χ0n) is 23.4. The van der Waals surface area contributed by atoms with Crippen LogP contribution in [0.2, 0.25) is 0 Å². The van der Waals surface area contributed by atoms with Gasteiger partial charge in [0.05, 0.1) is 21.7 Å². The van der Waals surface area contributed by atoms with Crippen molar-refractivity contribution in [1.29, 1.82) is 0 Å². The predicted molar refractivity (Wildman–Crippen MR) is 159 cm³/mol. The molecule has 0 aliphatic heterocycles. The summed E-state index contributed by atoms with van der Waals surface area (Å²) in [5.41, 5.74) is 4.35. The average Bonchev–Trinajstić information content (AvgIpc) is 3.31. The molecule has 0 unspecified atom stereocenters. The van der Waals surface area contributed by atoms with Crippen LogP contribution in [0.1, 0.15) is 54.7 Å². The summed E-state index contributed by atoms with van der Waals surface area (Å²) in [6.45, 7) is 13.3. The molecule has 2 heterocycles. The second-order valence-corrected chi connectivity index (χ2v) is 13.7. The highest BCUT2D eigenvalue weighted by Crippen LogP contribution is 2.34. The van der Waals surface area contributed by atoms with Crippen molar-refractivity contribution in [1.82, 2.24) is 14.3 Å². The number of aromatic nitrogens is 2. The number of sulfonamides is 1. The Balaban J connectivity index is 1.69. The number of anilines is 1. The number of hydrogen-bond acceptors (Lipinski definition) is 6. The highest BCUT2D eigenvalue weighted by molar-refractivity contribution is 7.89. The van der Waals surface area contributed by atoms with E-state index in [0.29, 0.717) is 30.3 Å². The third-order valence-corrected chi connectivity index (χ3v) is 9.30. The van der Waals surface area contributed by atoms with E-state index in [9.17, 15) is 13.2 Å².